The smallest absolute Gasteiger partial charge is 0.242 e. The summed E-state index contributed by atoms with van der Waals surface area (Å²) in [5.74, 6) is 1.14. The van der Waals surface area contributed by atoms with Crippen molar-refractivity contribution < 1.29 is 9.59 Å². The standard InChI is InChI=1S/C20H28ClN5O2.HI/c1-2-22-20(24-10-9-23-19(28)16-5-6-16)26-12-11-25(18(27)14-26)13-15-3-7-17(21)8-4-15;/h3-4,7-8,16H,2,5-6,9-14H2,1H3,(H,22,24)(H,23,28);1H. The molecule has 0 unspecified atom stereocenters. The van der Waals surface area contributed by atoms with Crippen molar-refractivity contribution in [1.82, 2.24) is 20.4 Å². The predicted octanol–water partition coefficient (Wildman–Crippen LogP) is 2.09. The number of benzene rings is 1. The molecule has 1 aliphatic heterocycles. The van der Waals surface area contributed by atoms with Crippen molar-refractivity contribution in [2.45, 2.75) is 26.3 Å². The van der Waals surface area contributed by atoms with Gasteiger partial charge in [0.25, 0.3) is 0 Å². The summed E-state index contributed by atoms with van der Waals surface area (Å²) < 4.78 is 0. The van der Waals surface area contributed by atoms with Gasteiger partial charge in [-0.2, -0.15) is 0 Å². The van der Waals surface area contributed by atoms with Gasteiger partial charge in [0.05, 0.1) is 13.1 Å². The minimum absolute atomic E-state index is 0. The van der Waals surface area contributed by atoms with Crippen LogP contribution in [0.15, 0.2) is 29.3 Å². The second kappa shape index (κ2) is 11.6. The number of halogens is 2. The van der Waals surface area contributed by atoms with Gasteiger partial charge in [-0.3, -0.25) is 14.6 Å². The van der Waals surface area contributed by atoms with Crippen LogP contribution in [0, 0.1) is 5.92 Å². The third-order valence-corrected chi connectivity index (χ3v) is 5.11. The Hall–Kier alpha value is -1.55. The maximum absolute atomic E-state index is 12.6. The molecule has 1 saturated carbocycles. The van der Waals surface area contributed by atoms with Crippen LogP contribution in [0.3, 0.4) is 0 Å². The Balaban J connectivity index is 0.00000300. The molecular weight excluding hydrogens is 505 g/mol. The fourth-order valence-corrected chi connectivity index (χ4v) is 3.25. The summed E-state index contributed by atoms with van der Waals surface area (Å²) in [6, 6.07) is 7.58. The lowest BCUT2D eigenvalue weighted by Crippen LogP contribution is -2.55. The van der Waals surface area contributed by atoms with Crippen LogP contribution in [-0.2, 0) is 16.1 Å². The average Bonchev–Trinajstić information content (AvgIpc) is 3.53. The topological polar surface area (TPSA) is 77.0 Å². The fraction of sp³-hybridized carbons (Fsp3) is 0.550. The molecule has 2 aliphatic rings. The Kier molecular flexibility index (Phi) is 9.48. The second-order valence-electron chi connectivity index (χ2n) is 7.16. The Morgan fingerprint density at radius 3 is 2.55 bits per heavy atom. The Morgan fingerprint density at radius 2 is 1.93 bits per heavy atom. The van der Waals surface area contributed by atoms with Crippen LogP contribution in [0.1, 0.15) is 25.3 Å². The molecule has 7 nitrogen and oxygen atoms in total. The van der Waals surface area contributed by atoms with E-state index in [0.717, 1.165) is 37.5 Å². The average molecular weight is 534 g/mol. The first kappa shape index (κ1) is 23.7. The molecule has 0 aromatic heterocycles. The van der Waals surface area contributed by atoms with Crippen molar-refractivity contribution in [2.75, 3.05) is 39.3 Å². The zero-order chi connectivity index (χ0) is 19.9. The van der Waals surface area contributed by atoms with Crippen LogP contribution in [0.5, 0.6) is 0 Å². The van der Waals surface area contributed by atoms with Gasteiger partial charge in [-0.1, -0.05) is 23.7 Å². The van der Waals surface area contributed by atoms with Crippen molar-refractivity contribution in [1.29, 1.82) is 0 Å². The number of amides is 2. The molecule has 1 aliphatic carbocycles. The van der Waals surface area contributed by atoms with Crippen molar-refractivity contribution in [3.63, 3.8) is 0 Å². The molecule has 2 fully saturated rings. The number of nitrogens with zero attached hydrogens (tertiary/aromatic N) is 3. The molecular formula is C20H29ClIN5O2. The van der Waals surface area contributed by atoms with Crippen LogP contribution in [0.25, 0.3) is 0 Å². The first-order valence-corrected chi connectivity index (χ1v) is 10.3. The summed E-state index contributed by atoms with van der Waals surface area (Å²) in [5, 5.41) is 6.85. The fourth-order valence-electron chi connectivity index (χ4n) is 3.12. The molecule has 1 aromatic rings. The second-order valence-corrected chi connectivity index (χ2v) is 7.60. The normalized spacial score (nSPS) is 17.0. The number of aliphatic imine (C=N–C) groups is 1. The monoisotopic (exact) mass is 533 g/mol. The van der Waals surface area contributed by atoms with E-state index in [4.69, 9.17) is 11.6 Å². The molecule has 1 heterocycles. The Bertz CT molecular complexity index is 724. The number of nitrogens with one attached hydrogen (secondary N) is 2. The van der Waals surface area contributed by atoms with E-state index in [1.54, 1.807) is 0 Å². The molecule has 0 atom stereocenters. The highest BCUT2D eigenvalue weighted by molar-refractivity contribution is 14.0. The maximum Gasteiger partial charge on any atom is 0.242 e. The molecule has 29 heavy (non-hydrogen) atoms. The van der Waals surface area contributed by atoms with Gasteiger partial charge in [0, 0.05) is 43.7 Å². The van der Waals surface area contributed by atoms with Gasteiger partial charge in [0.1, 0.15) is 0 Å². The molecule has 9 heteroatoms. The van der Waals surface area contributed by atoms with Crippen LogP contribution in [0.2, 0.25) is 5.02 Å². The first-order chi connectivity index (χ1) is 13.6. The van der Waals surface area contributed by atoms with Gasteiger partial charge in [0.2, 0.25) is 11.8 Å². The Labute approximate surface area is 194 Å². The van der Waals surface area contributed by atoms with E-state index in [2.05, 4.69) is 15.6 Å². The van der Waals surface area contributed by atoms with Gasteiger partial charge in [0.15, 0.2) is 5.96 Å². The minimum Gasteiger partial charge on any atom is -0.357 e. The van der Waals surface area contributed by atoms with Gasteiger partial charge >= 0.3 is 0 Å². The molecule has 1 saturated heterocycles. The van der Waals surface area contributed by atoms with Crippen molar-refractivity contribution in [2.24, 2.45) is 10.9 Å². The third-order valence-electron chi connectivity index (χ3n) is 4.86. The van der Waals surface area contributed by atoms with E-state index >= 15 is 0 Å². The summed E-state index contributed by atoms with van der Waals surface area (Å²) in [6.45, 7) is 6.01. The summed E-state index contributed by atoms with van der Waals surface area (Å²) >= 11 is 5.92. The van der Waals surface area contributed by atoms with Gasteiger partial charge in [-0.25, -0.2) is 0 Å². The van der Waals surface area contributed by atoms with Crippen LogP contribution < -0.4 is 10.6 Å². The van der Waals surface area contributed by atoms with E-state index in [1.807, 2.05) is 41.0 Å². The van der Waals surface area contributed by atoms with Crippen LogP contribution >= 0.6 is 35.6 Å². The number of hydrogen-bond acceptors (Lipinski definition) is 3. The van der Waals surface area contributed by atoms with Crippen molar-refractivity contribution in [3.05, 3.63) is 34.9 Å². The summed E-state index contributed by atoms with van der Waals surface area (Å²) in [7, 11) is 0. The third kappa shape index (κ3) is 7.33. The number of guanidine groups is 1. The quantitative estimate of drug-likeness (QED) is 0.244. The highest BCUT2D eigenvalue weighted by Gasteiger charge is 2.29. The number of piperazine rings is 1. The highest BCUT2D eigenvalue weighted by Crippen LogP contribution is 2.28. The maximum atomic E-state index is 12.6. The van der Waals surface area contributed by atoms with Crippen LogP contribution in [0.4, 0.5) is 0 Å². The molecule has 2 amide bonds. The van der Waals surface area contributed by atoms with E-state index in [-0.39, 0.29) is 41.7 Å². The SMILES string of the molecule is CCNC(=NCCNC(=O)C1CC1)N1CCN(Cc2ccc(Cl)cc2)C(=O)C1.I. The number of hydrogen-bond donors (Lipinski definition) is 2. The van der Waals surface area contributed by atoms with Gasteiger partial charge in [-0.05, 0) is 37.5 Å². The molecule has 160 valence electrons. The van der Waals surface area contributed by atoms with E-state index < -0.39 is 0 Å². The molecule has 0 radical (unpaired) electrons. The Morgan fingerprint density at radius 1 is 1.21 bits per heavy atom. The summed E-state index contributed by atoms with van der Waals surface area (Å²) in [6.07, 6.45) is 2.00. The lowest BCUT2D eigenvalue weighted by molar-refractivity contribution is -0.135. The van der Waals surface area contributed by atoms with Gasteiger partial charge < -0.3 is 20.4 Å². The molecule has 2 N–H and O–H groups in total. The van der Waals surface area contributed by atoms with E-state index in [9.17, 15) is 9.59 Å². The molecule has 0 bridgehead atoms. The number of carbonyl (C=O) groups excluding carboxylic acids is 2. The molecule has 3 rings (SSSR count). The zero-order valence-electron chi connectivity index (χ0n) is 16.7. The molecule has 0 spiro atoms. The van der Waals surface area contributed by atoms with Crippen molar-refractivity contribution in [3.8, 4) is 0 Å². The van der Waals surface area contributed by atoms with Crippen LogP contribution in [-0.4, -0.2) is 66.8 Å². The minimum atomic E-state index is 0. The number of carbonyl (C=O) groups is 2. The summed E-state index contributed by atoms with van der Waals surface area (Å²) in [5.41, 5.74) is 1.07. The van der Waals surface area contributed by atoms with E-state index in [1.165, 1.54) is 0 Å². The lowest BCUT2D eigenvalue weighted by atomic mass is 10.2. The first-order valence-electron chi connectivity index (χ1n) is 9.90. The molecule has 1 aromatic carbocycles. The van der Waals surface area contributed by atoms with E-state index in [0.29, 0.717) is 37.7 Å². The van der Waals surface area contributed by atoms with Crippen molar-refractivity contribution >= 4 is 53.4 Å². The lowest BCUT2D eigenvalue weighted by Gasteiger charge is -2.36. The summed E-state index contributed by atoms with van der Waals surface area (Å²) in [4.78, 5) is 32.7. The largest absolute Gasteiger partial charge is 0.357 e. The zero-order valence-corrected chi connectivity index (χ0v) is 19.8. The number of rotatable bonds is 7. The predicted molar refractivity (Wildman–Crippen MR) is 126 cm³/mol. The highest BCUT2D eigenvalue weighted by atomic mass is 127. The van der Waals surface area contributed by atoms with Gasteiger partial charge in [-0.15, -0.1) is 24.0 Å².